The summed E-state index contributed by atoms with van der Waals surface area (Å²) in [6, 6.07) is 7.20. The Balaban J connectivity index is 3.29. The third-order valence-electron chi connectivity index (χ3n) is 3.57. The highest BCUT2D eigenvalue weighted by Crippen LogP contribution is 2.27. The molecule has 18 heavy (non-hydrogen) atoms. The molecule has 0 heterocycles. The van der Waals surface area contributed by atoms with Crippen LogP contribution in [-0.4, -0.2) is 22.4 Å². The van der Waals surface area contributed by atoms with Crippen molar-refractivity contribution in [2.24, 2.45) is 0 Å². The van der Waals surface area contributed by atoms with Gasteiger partial charge in [-0.3, -0.25) is 0 Å². The maximum absolute atomic E-state index is 6.28. The minimum absolute atomic E-state index is 0.353. The van der Waals surface area contributed by atoms with Gasteiger partial charge >= 0.3 is 0 Å². The normalized spacial score (nSPS) is 14.7. The molecule has 1 aromatic carbocycles. The van der Waals surface area contributed by atoms with E-state index in [1.807, 2.05) is 0 Å². The molecule has 3 heteroatoms. The zero-order chi connectivity index (χ0) is 14.1. The maximum atomic E-state index is 6.28. The Kier molecular flexibility index (Phi) is 4.90. The molecule has 1 rings (SSSR count). The van der Waals surface area contributed by atoms with Crippen molar-refractivity contribution in [2.75, 3.05) is 5.50 Å². The van der Waals surface area contributed by atoms with E-state index < -0.39 is 16.9 Å². The molecule has 0 saturated heterocycles. The molecule has 1 aromatic rings. The lowest BCUT2D eigenvalue weighted by Gasteiger charge is -2.29. The number of halogens is 1. The van der Waals surface area contributed by atoms with E-state index in [4.69, 9.17) is 11.6 Å². The van der Waals surface area contributed by atoms with Gasteiger partial charge < -0.3 is 0 Å². The molecule has 0 aliphatic heterocycles. The van der Waals surface area contributed by atoms with E-state index in [0.717, 1.165) is 5.50 Å². The summed E-state index contributed by atoms with van der Waals surface area (Å²) in [5.41, 5.74) is 2.23. The predicted octanol–water partition coefficient (Wildman–Crippen LogP) is 3.55. The molecule has 0 N–H and O–H groups in total. The van der Waals surface area contributed by atoms with E-state index in [2.05, 4.69) is 65.5 Å². The molecular formula is C15H27ClSi2. The third-order valence-corrected chi connectivity index (χ3v) is 10.1. The first-order valence-electron chi connectivity index (χ1n) is 6.73. The van der Waals surface area contributed by atoms with Crippen molar-refractivity contribution in [3.8, 4) is 0 Å². The van der Waals surface area contributed by atoms with Gasteiger partial charge in [-0.1, -0.05) is 74.5 Å². The van der Waals surface area contributed by atoms with Crippen molar-refractivity contribution in [3.05, 3.63) is 23.8 Å². The van der Waals surface area contributed by atoms with Crippen LogP contribution in [0.3, 0.4) is 0 Å². The van der Waals surface area contributed by atoms with Gasteiger partial charge in [0.15, 0.2) is 0 Å². The lowest BCUT2D eigenvalue weighted by molar-refractivity contribution is 0.745. The SMILES string of the molecule is Cc1cc([SiH](CCl)C(C)(C)C)cc([Si](C)(C)C)c1. The Morgan fingerprint density at radius 1 is 1.11 bits per heavy atom. The number of benzene rings is 1. The largest absolute Gasteiger partial charge is 0.130 e. The number of aryl methyl sites for hydroxylation is 1. The van der Waals surface area contributed by atoms with Gasteiger partial charge in [-0.15, -0.1) is 11.6 Å². The van der Waals surface area contributed by atoms with E-state index >= 15 is 0 Å². The van der Waals surface area contributed by atoms with Gasteiger partial charge in [-0.2, -0.15) is 0 Å². The summed E-state index contributed by atoms with van der Waals surface area (Å²) in [4.78, 5) is 0. The van der Waals surface area contributed by atoms with Gasteiger partial charge in [-0.25, -0.2) is 0 Å². The molecule has 0 saturated carbocycles. The minimum atomic E-state index is -1.23. The van der Waals surface area contributed by atoms with Crippen LogP contribution in [-0.2, 0) is 0 Å². The highest BCUT2D eigenvalue weighted by molar-refractivity contribution is 6.89. The standard InChI is InChI=1S/C15H27ClSi2/c1-12-8-13(17(11-16)15(2,3)4)10-14(9-12)18(5,6)7/h8-10,17H,11H2,1-7H3. The molecule has 0 fully saturated rings. The lowest BCUT2D eigenvalue weighted by Crippen LogP contribution is -2.46. The highest BCUT2D eigenvalue weighted by Gasteiger charge is 2.28. The van der Waals surface area contributed by atoms with Crippen molar-refractivity contribution in [1.29, 1.82) is 0 Å². The van der Waals surface area contributed by atoms with Crippen LogP contribution in [0.5, 0.6) is 0 Å². The number of rotatable bonds is 3. The van der Waals surface area contributed by atoms with Crippen LogP contribution in [0.15, 0.2) is 18.2 Å². The van der Waals surface area contributed by atoms with E-state index in [-0.39, 0.29) is 0 Å². The lowest BCUT2D eigenvalue weighted by atomic mass is 10.2. The van der Waals surface area contributed by atoms with Gasteiger partial charge in [0, 0.05) is 5.50 Å². The second-order valence-corrected chi connectivity index (χ2v) is 17.3. The van der Waals surface area contributed by atoms with Crippen LogP contribution in [0.4, 0.5) is 0 Å². The van der Waals surface area contributed by atoms with Gasteiger partial charge in [0.1, 0.15) is 0 Å². The molecule has 1 unspecified atom stereocenters. The molecular weight excluding hydrogens is 272 g/mol. The average molecular weight is 299 g/mol. The second kappa shape index (κ2) is 5.52. The van der Waals surface area contributed by atoms with E-state index in [1.54, 1.807) is 10.4 Å². The Labute approximate surface area is 120 Å². The van der Waals surface area contributed by atoms with Crippen LogP contribution < -0.4 is 10.4 Å². The fourth-order valence-corrected chi connectivity index (χ4v) is 8.10. The quantitative estimate of drug-likeness (QED) is 0.591. The van der Waals surface area contributed by atoms with Crippen molar-refractivity contribution < 1.29 is 0 Å². The van der Waals surface area contributed by atoms with Crippen molar-refractivity contribution >= 4 is 38.8 Å². The Bertz CT molecular complexity index is 413. The molecule has 0 aromatic heterocycles. The summed E-state index contributed by atoms with van der Waals surface area (Å²) in [5.74, 6) is 0. The van der Waals surface area contributed by atoms with Crippen molar-refractivity contribution in [2.45, 2.75) is 52.4 Å². The van der Waals surface area contributed by atoms with Gasteiger partial charge in [-0.05, 0) is 12.0 Å². The smallest absolute Gasteiger partial charge is 0.0919 e. The number of hydrogen-bond acceptors (Lipinski definition) is 0. The van der Waals surface area contributed by atoms with Crippen LogP contribution in [0.1, 0.15) is 26.3 Å². The maximum Gasteiger partial charge on any atom is 0.0919 e. The Morgan fingerprint density at radius 2 is 1.67 bits per heavy atom. The van der Waals surface area contributed by atoms with E-state index in [9.17, 15) is 0 Å². The second-order valence-electron chi connectivity index (χ2n) is 7.46. The first kappa shape index (κ1) is 16.0. The highest BCUT2D eigenvalue weighted by atomic mass is 35.5. The van der Waals surface area contributed by atoms with Crippen LogP contribution >= 0.6 is 11.6 Å². The summed E-state index contributed by atoms with van der Waals surface area (Å²) in [5, 5.41) is 3.48. The third kappa shape index (κ3) is 3.97. The first-order valence-corrected chi connectivity index (χ1v) is 12.7. The van der Waals surface area contributed by atoms with E-state index in [0.29, 0.717) is 5.04 Å². The first-order chi connectivity index (χ1) is 8.05. The van der Waals surface area contributed by atoms with E-state index in [1.165, 1.54) is 5.56 Å². The minimum Gasteiger partial charge on any atom is -0.130 e. The van der Waals surface area contributed by atoms with Crippen LogP contribution in [0, 0.1) is 6.92 Å². The summed E-state index contributed by atoms with van der Waals surface area (Å²) in [6.07, 6.45) is 0. The molecule has 0 radical (unpaired) electrons. The number of alkyl halides is 1. The molecule has 0 aliphatic carbocycles. The summed E-state index contributed by atoms with van der Waals surface area (Å²) < 4.78 is 0. The monoisotopic (exact) mass is 298 g/mol. The molecule has 1 atom stereocenters. The molecule has 0 nitrogen and oxygen atoms in total. The van der Waals surface area contributed by atoms with Gasteiger partial charge in [0.25, 0.3) is 0 Å². The van der Waals surface area contributed by atoms with Crippen LogP contribution in [0.25, 0.3) is 0 Å². The fourth-order valence-electron chi connectivity index (χ4n) is 2.27. The summed E-state index contributed by atoms with van der Waals surface area (Å²) in [6.45, 7) is 16.5. The fraction of sp³-hybridized carbons (Fsp3) is 0.600. The number of hydrogen-bond donors (Lipinski definition) is 0. The van der Waals surface area contributed by atoms with Crippen molar-refractivity contribution in [3.63, 3.8) is 0 Å². The summed E-state index contributed by atoms with van der Waals surface area (Å²) in [7, 11) is -2.33. The van der Waals surface area contributed by atoms with Crippen molar-refractivity contribution in [1.82, 2.24) is 0 Å². The van der Waals surface area contributed by atoms with Gasteiger partial charge in [0.2, 0.25) is 0 Å². The summed E-state index contributed by atoms with van der Waals surface area (Å²) >= 11 is 6.28. The molecule has 102 valence electrons. The topological polar surface area (TPSA) is 0 Å². The van der Waals surface area contributed by atoms with Gasteiger partial charge in [0.05, 0.1) is 16.9 Å². The molecule has 0 spiro atoms. The predicted molar refractivity (Wildman–Crippen MR) is 91.4 cm³/mol. The molecule has 0 bridgehead atoms. The Morgan fingerprint density at radius 3 is 2.06 bits per heavy atom. The zero-order valence-corrected chi connectivity index (χ0v) is 15.8. The van der Waals surface area contributed by atoms with Crippen LogP contribution in [0.2, 0.25) is 24.7 Å². The average Bonchev–Trinajstić information content (AvgIpc) is 2.13. The molecule has 0 aliphatic rings. The molecule has 0 amide bonds. The Hall–Kier alpha value is -0.0562. The zero-order valence-electron chi connectivity index (χ0n) is 12.9.